The molecule has 0 radical (unpaired) electrons. The third-order valence-electron chi connectivity index (χ3n) is 5.72. The van der Waals surface area contributed by atoms with Crippen LogP contribution in [0.15, 0.2) is 60.7 Å². The largest absolute Gasteiger partial charge is 0.352 e. The summed E-state index contributed by atoms with van der Waals surface area (Å²) in [7, 11) is 0. The Bertz CT molecular complexity index is 1510. The van der Waals surface area contributed by atoms with E-state index in [-0.39, 0.29) is 5.91 Å². The third kappa shape index (κ3) is 4.34. The molecule has 0 fully saturated rings. The highest BCUT2D eigenvalue weighted by Crippen LogP contribution is 2.26. The Kier molecular flexibility index (Phi) is 5.94. The summed E-state index contributed by atoms with van der Waals surface area (Å²) in [6, 6.07) is 19.0. The fourth-order valence-electron chi connectivity index (χ4n) is 4.14. The summed E-state index contributed by atoms with van der Waals surface area (Å²) in [4.78, 5) is 22.3. The van der Waals surface area contributed by atoms with Gasteiger partial charge < -0.3 is 5.32 Å². The van der Waals surface area contributed by atoms with Crippen LogP contribution in [-0.2, 0) is 6.42 Å². The van der Waals surface area contributed by atoms with Crippen molar-refractivity contribution < 1.29 is 4.79 Å². The lowest BCUT2D eigenvalue weighted by Crippen LogP contribution is -2.25. The number of halogens is 1. The van der Waals surface area contributed by atoms with Gasteiger partial charge in [0.2, 0.25) is 0 Å². The molecule has 34 heavy (non-hydrogen) atoms. The number of hydrogen-bond donors (Lipinski definition) is 1. The molecule has 0 aliphatic rings. The Balaban J connectivity index is 1.33. The van der Waals surface area contributed by atoms with Crippen molar-refractivity contribution in [3.8, 4) is 11.3 Å². The van der Waals surface area contributed by atoms with Crippen LogP contribution in [0.1, 0.15) is 34.0 Å². The quantitative estimate of drug-likeness (QED) is 0.354. The van der Waals surface area contributed by atoms with E-state index in [2.05, 4.69) is 20.5 Å². The van der Waals surface area contributed by atoms with Crippen LogP contribution in [0.2, 0.25) is 5.02 Å². The predicted molar refractivity (Wildman–Crippen MR) is 133 cm³/mol. The van der Waals surface area contributed by atoms with Crippen molar-refractivity contribution in [1.29, 1.82) is 0 Å². The summed E-state index contributed by atoms with van der Waals surface area (Å²) in [5.74, 6) is 1.32. The Hall–Kier alpha value is -3.84. The SMILES string of the molecule is Cc1cc(C)n2c(CCCNC(=O)c3cc(-c4ccc(Cl)cc4)nc4ccccc34)nnc2n1. The number of amides is 1. The molecule has 0 spiro atoms. The van der Waals surface area contributed by atoms with Crippen molar-refractivity contribution in [1.82, 2.24) is 29.9 Å². The number of carbonyl (C=O) groups is 1. The van der Waals surface area contributed by atoms with Crippen LogP contribution in [0, 0.1) is 13.8 Å². The summed E-state index contributed by atoms with van der Waals surface area (Å²) >= 11 is 6.03. The normalized spacial score (nSPS) is 11.3. The highest BCUT2D eigenvalue weighted by molar-refractivity contribution is 6.30. The van der Waals surface area contributed by atoms with Gasteiger partial charge in [0.05, 0.1) is 16.8 Å². The van der Waals surface area contributed by atoms with Gasteiger partial charge >= 0.3 is 0 Å². The number of aryl methyl sites for hydroxylation is 3. The first-order valence-corrected chi connectivity index (χ1v) is 11.5. The number of para-hydroxylation sites is 1. The first kappa shape index (κ1) is 22.0. The monoisotopic (exact) mass is 470 g/mol. The third-order valence-corrected chi connectivity index (χ3v) is 5.98. The molecule has 8 heteroatoms. The second-order valence-electron chi connectivity index (χ2n) is 8.23. The fraction of sp³-hybridized carbons (Fsp3) is 0.192. The molecule has 3 heterocycles. The standard InChI is InChI=1S/C26H23ClN6O/c1-16-14-17(2)33-24(31-32-26(33)29-16)8-5-13-28-25(34)21-15-23(18-9-11-19(27)12-10-18)30-22-7-4-3-6-20(21)22/h3-4,6-7,9-12,14-15H,5,8,13H2,1-2H3,(H,28,34). The minimum Gasteiger partial charge on any atom is -0.352 e. The van der Waals surface area contributed by atoms with E-state index in [1.165, 1.54) is 0 Å². The average Bonchev–Trinajstić information content (AvgIpc) is 3.24. The molecule has 0 atom stereocenters. The zero-order valence-corrected chi connectivity index (χ0v) is 19.7. The number of rotatable bonds is 6. The van der Waals surface area contributed by atoms with E-state index in [0.29, 0.717) is 29.3 Å². The number of aromatic nitrogens is 5. The minimum atomic E-state index is -0.131. The van der Waals surface area contributed by atoms with E-state index < -0.39 is 0 Å². The Morgan fingerprint density at radius 3 is 2.62 bits per heavy atom. The van der Waals surface area contributed by atoms with Crippen LogP contribution >= 0.6 is 11.6 Å². The van der Waals surface area contributed by atoms with Gasteiger partial charge in [-0.2, -0.15) is 0 Å². The van der Waals surface area contributed by atoms with Gasteiger partial charge in [0.15, 0.2) is 0 Å². The van der Waals surface area contributed by atoms with E-state index in [4.69, 9.17) is 16.6 Å². The van der Waals surface area contributed by atoms with Crippen LogP contribution in [0.25, 0.3) is 27.9 Å². The maximum absolute atomic E-state index is 13.2. The van der Waals surface area contributed by atoms with Crippen LogP contribution < -0.4 is 5.32 Å². The smallest absolute Gasteiger partial charge is 0.255 e. The fourth-order valence-corrected chi connectivity index (χ4v) is 4.26. The number of benzene rings is 2. The van der Waals surface area contributed by atoms with Gasteiger partial charge in [0, 0.05) is 40.3 Å². The van der Waals surface area contributed by atoms with Crippen LogP contribution in [0.4, 0.5) is 0 Å². The number of nitrogens with zero attached hydrogens (tertiary/aromatic N) is 5. The number of hydrogen-bond acceptors (Lipinski definition) is 5. The topological polar surface area (TPSA) is 85.1 Å². The molecule has 0 aliphatic heterocycles. The number of carbonyl (C=O) groups excluding carboxylic acids is 1. The number of nitrogens with one attached hydrogen (secondary N) is 1. The molecule has 5 aromatic rings. The molecule has 0 saturated carbocycles. The predicted octanol–water partition coefficient (Wildman–Crippen LogP) is 4.97. The Morgan fingerprint density at radius 1 is 1.00 bits per heavy atom. The van der Waals surface area contributed by atoms with Gasteiger partial charge in [0.1, 0.15) is 5.82 Å². The van der Waals surface area contributed by atoms with Gasteiger partial charge in [-0.1, -0.05) is 41.9 Å². The van der Waals surface area contributed by atoms with E-state index in [9.17, 15) is 4.79 Å². The molecule has 1 N–H and O–H groups in total. The zero-order valence-electron chi connectivity index (χ0n) is 18.9. The summed E-state index contributed by atoms with van der Waals surface area (Å²) in [6.07, 6.45) is 1.41. The van der Waals surface area contributed by atoms with Crippen LogP contribution in [0.5, 0.6) is 0 Å². The van der Waals surface area contributed by atoms with Crippen molar-refractivity contribution in [3.05, 3.63) is 88.5 Å². The highest BCUT2D eigenvalue weighted by Gasteiger charge is 2.14. The van der Waals surface area contributed by atoms with Crippen LogP contribution in [0.3, 0.4) is 0 Å². The van der Waals surface area contributed by atoms with Crippen molar-refractivity contribution in [2.24, 2.45) is 0 Å². The lowest BCUT2D eigenvalue weighted by atomic mass is 10.0. The molecule has 0 bridgehead atoms. The number of fused-ring (bicyclic) bond motifs is 2. The Labute approximate surface area is 201 Å². The van der Waals surface area contributed by atoms with E-state index in [1.807, 2.05) is 78.9 Å². The summed E-state index contributed by atoms with van der Waals surface area (Å²) < 4.78 is 1.96. The van der Waals surface area contributed by atoms with Crippen molar-refractivity contribution >= 4 is 34.2 Å². The summed E-state index contributed by atoms with van der Waals surface area (Å²) in [5.41, 5.74) is 4.96. The molecule has 3 aromatic heterocycles. The van der Waals surface area contributed by atoms with Crippen LogP contribution in [-0.4, -0.2) is 37.0 Å². The lowest BCUT2D eigenvalue weighted by molar-refractivity contribution is 0.0954. The molecular weight excluding hydrogens is 448 g/mol. The zero-order chi connectivity index (χ0) is 23.7. The van der Waals surface area contributed by atoms with E-state index in [0.717, 1.165) is 45.8 Å². The van der Waals surface area contributed by atoms with Crippen molar-refractivity contribution in [2.45, 2.75) is 26.7 Å². The molecule has 0 unspecified atom stereocenters. The molecule has 5 rings (SSSR count). The van der Waals surface area contributed by atoms with Gasteiger partial charge in [-0.25, -0.2) is 9.97 Å². The second kappa shape index (κ2) is 9.19. The Morgan fingerprint density at radius 2 is 1.79 bits per heavy atom. The van der Waals surface area contributed by atoms with Gasteiger partial charge in [-0.15, -0.1) is 10.2 Å². The summed E-state index contributed by atoms with van der Waals surface area (Å²) in [5, 5.41) is 13.0. The molecule has 170 valence electrons. The molecule has 2 aromatic carbocycles. The van der Waals surface area contributed by atoms with Gasteiger partial charge in [-0.3, -0.25) is 9.20 Å². The lowest BCUT2D eigenvalue weighted by Gasteiger charge is -2.11. The first-order chi connectivity index (χ1) is 16.5. The van der Waals surface area contributed by atoms with E-state index >= 15 is 0 Å². The molecular formula is C26H23ClN6O. The average molecular weight is 471 g/mol. The van der Waals surface area contributed by atoms with Gasteiger partial charge in [0.25, 0.3) is 11.7 Å². The highest BCUT2D eigenvalue weighted by atomic mass is 35.5. The molecule has 7 nitrogen and oxygen atoms in total. The molecule has 0 saturated heterocycles. The molecule has 1 amide bonds. The van der Waals surface area contributed by atoms with Crippen molar-refractivity contribution in [3.63, 3.8) is 0 Å². The minimum absolute atomic E-state index is 0.131. The summed E-state index contributed by atoms with van der Waals surface area (Å²) in [6.45, 7) is 4.47. The maximum Gasteiger partial charge on any atom is 0.255 e. The van der Waals surface area contributed by atoms with E-state index in [1.54, 1.807) is 0 Å². The second-order valence-corrected chi connectivity index (χ2v) is 8.67. The maximum atomic E-state index is 13.2. The molecule has 0 aliphatic carbocycles. The first-order valence-electron chi connectivity index (χ1n) is 11.1. The number of pyridine rings is 1. The van der Waals surface area contributed by atoms with Crippen molar-refractivity contribution in [2.75, 3.05) is 6.54 Å². The van der Waals surface area contributed by atoms with Gasteiger partial charge in [-0.05, 0) is 50.6 Å².